The normalized spacial score (nSPS) is 20.7. The molecule has 1 aliphatic rings. The van der Waals surface area contributed by atoms with Gasteiger partial charge in [-0.3, -0.25) is 9.59 Å². The first-order valence-corrected chi connectivity index (χ1v) is 9.73. The maximum absolute atomic E-state index is 13.1. The standard InChI is InChI=1S/C20H25F3N4O3/c1-11(2)18-16-6-12(20(21,22)23)4-5-15(16)19(30)27(25-18)10-17(29)24-13-7-14(28)9-26(3)8-13/h4-6,11,13-14,28H,7-10H2,1-3H3,(H,24,29)/t13-,14+/m0/s1. The van der Waals surface area contributed by atoms with E-state index in [1.54, 1.807) is 13.8 Å². The smallest absolute Gasteiger partial charge is 0.392 e. The number of benzene rings is 1. The number of aromatic nitrogens is 2. The van der Waals surface area contributed by atoms with Gasteiger partial charge >= 0.3 is 6.18 Å². The van der Waals surface area contributed by atoms with Gasteiger partial charge < -0.3 is 15.3 Å². The second-order valence-electron chi connectivity index (χ2n) is 8.14. The van der Waals surface area contributed by atoms with E-state index in [1.807, 2.05) is 11.9 Å². The van der Waals surface area contributed by atoms with E-state index in [4.69, 9.17) is 0 Å². The summed E-state index contributed by atoms with van der Waals surface area (Å²) in [5, 5.41) is 17.1. The summed E-state index contributed by atoms with van der Waals surface area (Å²) in [5.41, 5.74) is -1.16. The number of likely N-dealkylation sites (N-methyl/N-ethyl adjacent to an activating group) is 1. The van der Waals surface area contributed by atoms with Gasteiger partial charge in [0.15, 0.2) is 0 Å². The van der Waals surface area contributed by atoms with Gasteiger partial charge in [-0.15, -0.1) is 0 Å². The number of β-amino-alcohol motifs (C(OH)–C–C–N with tert-alkyl or cyclic N) is 1. The summed E-state index contributed by atoms with van der Waals surface area (Å²) in [7, 11) is 1.83. The molecule has 0 spiro atoms. The van der Waals surface area contributed by atoms with E-state index in [1.165, 1.54) is 0 Å². The summed E-state index contributed by atoms with van der Waals surface area (Å²) >= 11 is 0. The van der Waals surface area contributed by atoms with Crippen LogP contribution in [0.3, 0.4) is 0 Å². The Morgan fingerprint density at radius 1 is 1.30 bits per heavy atom. The molecule has 1 aliphatic heterocycles. The number of hydrogen-bond donors (Lipinski definition) is 2. The average Bonchev–Trinajstić information content (AvgIpc) is 2.61. The molecular formula is C20H25F3N4O3. The molecule has 1 amide bonds. The Morgan fingerprint density at radius 2 is 2.00 bits per heavy atom. The number of nitrogens with one attached hydrogen (secondary N) is 1. The van der Waals surface area contributed by atoms with E-state index >= 15 is 0 Å². The number of halogens is 3. The molecular weight excluding hydrogens is 401 g/mol. The fourth-order valence-electron chi connectivity index (χ4n) is 3.82. The first-order valence-electron chi connectivity index (χ1n) is 9.73. The molecule has 2 aromatic rings. The van der Waals surface area contributed by atoms with Gasteiger partial charge in [-0.05, 0) is 37.6 Å². The molecule has 164 valence electrons. The van der Waals surface area contributed by atoms with Crippen LogP contribution in [-0.4, -0.2) is 58.0 Å². The van der Waals surface area contributed by atoms with Crippen molar-refractivity contribution in [1.29, 1.82) is 0 Å². The Bertz CT molecular complexity index is 993. The summed E-state index contributed by atoms with van der Waals surface area (Å²) in [6, 6.07) is 2.66. The lowest BCUT2D eigenvalue weighted by Crippen LogP contribution is -2.52. The maximum Gasteiger partial charge on any atom is 0.416 e. The van der Waals surface area contributed by atoms with E-state index in [9.17, 15) is 27.9 Å². The summed E-state index contributed by atoms with van der Waals surface area (Å²) in [5.74, 6) is -0.703. The zero-order valence-corrected chi connectivity index (χ0v) is 17.0. The van der Waals surface area contributed by atoms with Crippen LogP contribution in [0.2, 0.25) is 0 Å². The lowest BCUT2D eigenvalue weighted by molar-refractivity contribution is -0.137. The van der Waals surface area contributed by atoms with Gasteiger partial charge in [0, 0.05) is 24.5 Å². The molecule has 0 saturated carbocycles. The molecule has 1 aromatic heterocycles. The van der Waals surface area contributed by atoms with Crippen molar-refractivity contribution in [3.63, 3.8) is 0 Å². The second-order valence-corrected chi connectivity index (χ2v) is 8.14. The second kappa shape index (κ2) is 8.35. The van der Waals surface area contributed by atoms with Crippen molar-refractivity contribution in [3.05, 3.63) is 39.8 Å². The largest absolute Gasteiger partial charge is 0.416 e. The Kier molecular flexibility index (Phi) is 6.19. The molecule has 7 nitrogen and oxygen atoms in total. The molecule has 10 heteroatoms. The van der Waals surface area contributed by atoms with Crippen molar-refractivity contribution >= 4 is 16.7 Å². The number of rotatable bonds is 4. The highest BCUT2D eigenvalue weighted by molar-refractivity contribution is 5.85. The van der Waals surface area contributed by atoms with Crippen molar-refractivity contribution in [1.82, 2.24) is 20.0 Å². The van der Waals surface area contributed by atoms with E-state index in [2.05, 4.69) is 10.4 Å². The van der Waals surface area contributed by atoms with Crippen molar-refractivity contribution in [2.75, 3.05) is 20.1 Å². The monoisotopic (exact) mass is 426 g/mol. The maximum atomic E-state index is 13.1. The third-order valence-electron chi connectivity index (χ3n) is 5.13. The van der Waals surface area contributed by atoms with Crippen LogP contribution in [0.15, 0.2) is 23.0 Å². The third kappa shape index (κ3) is 4.81. The molecule has 1 saturated heterocycles. The summed E-state index contributed by atoms with van der Waals surface area (Å²) in [4.78, 5) is 27.2. The van der Waals surface area contributed by atoms with Gasteiger partial charge in [0.25, 0.3) is 5.56 Å². The Balaban J connectivity index is 1.91. The van der Waals surface area contributed by atoms with Crippen LogP contribution in [0, 0.1) is 0 Å². The van der Waals surface area contributed by atoms with Crippen molar-refractivity contribution in [2.24, 2.45) is 0 Å². The van der Waals surface area contributed by atoms with Crippen LogP contribution in [-0.2, 0) is 17.5 Å². The minimum atomic E-state index is -4.53. The van der Waals surface area contributed by atoms with Gasteiger partial charge in [-0.1, -0.05) is 13.8 Å². The Labute approximate surface area is 171 Å². The quantitative estimate of drug-likeness (QED) is 0.778. The number of alkyl halides is 3. The number of amides is 1. The third-order valence-corrected chi connectivity index (χ3v) is 5.13. The number of aliphatic hydroxyl groups excluding tert-OH is 1. The number of piperidine rings is 1. The van der Waals surface area contributed by atoms with Gasteiger partial charge in [0.05, 0.1) is 22.7 Å². The van der Waals surface area contributed by atoms with Crippen LogP contribution >= 0.6 is 0 Å². The van der Waals surface area contributed by atoms with Gasteiger partial charge in [-0.25, -0.2) is 4.68 Å². The molecule has 0 bridgehead atoms. The highest BCUT2D eigenvalue weighted by Crippen LogP contribution is 2.32. The van der Waals surface area contributed by atoms with E-state index in [0.29, 0.717) is 25.2 Å². The summed E-state index contributed by atoms with van der Waals surface area (Å²) in [6.45, 7) is 4.26. The number of fused-ring (bicyclic) bond motifs is 1. The van der Waals surface area contributed by atoms with Crippen LogP contribution in [0.1, 0.15) is 37.4 Å². The SMILES string of the molecule is CC(C)c1nn(CC(=O)N[C@H]2C[C@@H](O)CN(C)C2)c(=O)c2ccc(C(F)(F)F)cc12. The molecule has 2 N–H and O–H groups in total. The fraction of sp³-hybridized carbons (Fsp3) is 0.550. The number of aliphatic hydroxyl groups is 1. The first kappa shape index (κ1) is 22.2. The summed E-state index contributed by atoms with van der Waals surface area (Å²) < 4.78 is 40.3. The predicted molar refractivity (Wildman–Crippen MR) is 105 cm³/mol. The van der Waals surface area contributed by atoms with E-state index in [0.717, 1.165) is 22.9 Å². The number of hydrogen-bond acceptors (Lipinski definition) is 5. The fourth-order valence-corrected chi connectivity index (χ4v) is 3.82. The van der Waals surface area contributed by atoms with Crippen molar-refractivity contribution in [3.8, 4) is 0 Å². The molecule has 0 unspecified atom stereocenters. The van der Waals surface area contributed by atoms with Crippen molar-refractivity contribution < 1.29 is 23.1 Å². The van der Waals surface area contributed by atoms with Crippen LogP contribution in [0.25, 0.3) is 10.8 Å². The molecule has 0 radical (unpaired) electrons. The number of likely N-dealkylation sites (tertiary alicyclic amines) is 1. The first-order chi connectivity index (χ1) is 14.0. The Morgan fingerprint density at radius 3 is 2.60 bits per heavy atom. The topological polar surface area (TPSA) is 87.5 Å². The molecule has 3 rings (SSSR count). The molecule has 2 heterocycles. The molecule has 30 heavy (non-hydrogen) atoms. The van der Waals surface area contributed by atoms with Crippen LogP contribution in [0.5, 0.6) is 0 Å². The predicted octanol–water partition coefficient (Wildman–Crippen LogP) is 1.72. The molecule has 0 aliphatic carbocycles. The van der Waals surface area contributed by atoms with Crippen LogP contribution < -0.4 is 10.9 Å². The summed E-state index contributed by atoms with van der Waals surface area (Å²) in [6.07, 6.45) is -4.67. The highest BCUT2D eigenvalue weighted by atomic mass is 19.4. The van der Waals surface area contributed by atoms with Gasteiger partial charge in [-0.2, -0.15) is 18.3 Å². The molecule has 2 atom stereocenters. The van der Waals surface area contributed by atoms with Crippen molar-refractivity contribution in [2.45, 2.75) is 51.1 Å². The molecule has 1 fully saturated rings. The number of nitrogens with zero attached hydrogens (tertiary/aromatic N) is 3. The van der Waals surface area contributed by atoms with Gasteiger partial charge in [0.2, 0.25) is 5.91 Å². The Hall–Kier alpha value is -2.46. The minimum absolute atomic E-state index is 0.0855. The van der Waals surface area contributed by atoms with E-state index in [-0.39, 0.29) is 29.3 Å². The average molecular weight is 426 g/mol. The molecule has 1 aromatic carbocycles. The zero-order chi connectivity index (χ0) is 22.2. The lowest BCUT2D eigenvalue weighted by Gasteiger charge is -2.33. The minimum Gasteiger partial charge on any atom is -0.392 e. The zero-order valence-electron chi connectivity index (χ0n) is 17.0. The number of carbonyl (C=O) groups excluding carboxylic acids is 1. The van der Waals surface area contributed by atoms with Gasteiger partial charge in [0.1, 0.15) is 6.54 Å². The highest BCUT2D eigenvalue weighted by Gasteiger charge is 2.31. The lowest BCUT2D eigenvalue weighted by atomic mass is 10.0. The van der Waals surface area contributed by atoms with Crippen LogP contribution in [0.4, 0.5) is 13.2 Å². The van der Waals surface area contributed by atoms with E-state index < -0.39 is 29.3 Å². The number of carbonyl (C=O) groups is 1.